The fourth-order valence-electron chi connectivity index (χ4n) is 1.87. The van der Waals surface area contributed by atoms with Crippen LogP contribution in [0.15, 0.2) is 0 Å². The molecular weight excluding hydrogens is 222 g/mol. The Labute approximate surface area is 101 Å². The monoisotopic (exact) mass is 249 g/mol. The van der Waals surface area contributed by atoms with E-state index in [-0.39, 0.29) is 5.75 Å². The van der Waals surface area contributed by atoms with Gasteiger partial charge >= 0.3 is 0 Å². The summed E-state index contributed by atoms with van der Waals surface area (Å²) in [6.07, 6.45) is 1.75. The standard InChI is InChI=1S/C12H27NO2S/c1-6-16(14,15)10-8-7-9-13(11(2)3)12(4)5/h11-12H,6-10H2,1-5H3. The van der Waals surface area contributed by atoms with Crippen molar-refractivity contribution in [2.24, 2.45) is 0 Å². The van der Waals surface area contributed by atoms with E-state index in [1.807, 2.05) is 0 Å². The highest BCUT2D eigenvalue weighted by Crippen LogP contribution is 2.07. The molecule has 0 N–H and O–H groups in total. The van der Waals surface area contributed by atoms with Gasteiger partial charge in [-0.15, -0.1) is 0 Å². The lowest BCUT2D eigenvalue weighted by Crippen LogP contribution is -2.37. The molecule has 0 radical (unpaired) electrons. The minimum absolute atomic E-state index is 0.269. The number of unbranched alkanes of at least 4 members (excludes halogenated alkanes) is 1. The van der Waals surface area contributed by atoms with Crippen molar-refractivity contribution in [3.05, 3.63) is 0 Å². The van der Waals surface area contributed by atoms with Crippen LogP contribution in [0.25, 0.3) is 0 Å². The van der Waals surface area contributed by atoms with E-state index < -0.39 is 9.84 Å². The fourth-order valence-corrected chi connectivity index (χ4v) is 2.81. The predicted octanol–water partition coefficient (Wildman–Crippen LogP) is 2.32. The van der Waals surface area contributed by atoms with Gasteiger partial charge in [-0.1, -0.05) is 6.92 Å². The van der Waals surface area contributed by atoms with Gasteiger partial charge < -0.3 is 0 Å². The minimum Gasteiger partial charge on any atom is -0.299 e. The van der Waals surface area contributed by atoms with Gasteiger partial charge in [-0.25, -0.2) is 8.42 Å². The van der Waals surface area contributed by atoms with Crippen LogP contribution in [0.1, 0.15) is 47.5 Å². The molecule has 98 valence electrons. The molecule has 0 bridgehead atoms. The summed E-state index contributed by atoms with van der Waals surface area (Å²) in [7, 11) is -2.78. The summed E-state index contributed by atoms with van der Waals surface area (Å²) in [6, 6.07) is 1.06. The van der Waals surface area contributed by atoms with Gasteiger partial charge in [0, 0.05) is 17.8 Å². The van der Waals surface area contributed by atoms with E-state index in [1.54, 1.807) is 6.92 Å². The molecule has 0 fully saturated rings. The molecule has 0 unspecified atom stereocenters. The van der Waals surface area contributed by atoms with E-state index >= 15 is 0 Å². The summed E-state index contributed by atoms with van der Waals surface area (Å²) in [5, 5.41) is 0. The zero-order valence-electron chi connectivity index (χ0n) is 11.4. The number of sulfone groups is 1. The molecule has 0 aliphatic heterocycles. The lowest BCUT2D eigenvalue weighted by molar-refractivity contribution is 0.172. The Morgan fingerprint density at radius 1 is 1.00 bits per heavy atom. The highest BCUT2D eigenvalue weighted by atomic mass is 32.2. The summed E-state index contributed by atoms with van der Waals surface area (Å²) in [5.74, 6) is 0.610. The molecule has 4 heteroatoms. The maximum Gasteiger partial charge on any atom is 0.150 e. The van der Waals surface area contributed by atoms with E-state index in [9.17, 15) is 8.42 Å². The molecule has 0 amide bonds. The van der Waals surface area contributed by atoms with E-state index in [0.717, 1.165) is 19.4 Å². The third kappa shape index (κ3) is 6.48. The minimum atomic E-state index is -2.78. The summed E-state index contributed by atoms with van der Waals surface area (Å²) in [6.45, 7) is 11.4. The van der Waals surface area contributed by atoms with Crippen LogP contribution < -0.4 is 0 Å². The highest BCUT2D eigenvalue weighted by Gasteiger charge is 2.13. The second-order valence-corrected chi connectivity index (χ2v) is 7.34. The second kappa shape index (κ2) is 7.28. The van der Waals surface area contributed by atoms with Crippen LogP contribution in [0.4, 0.5) is 0 Å². The van der Waals surface area contributed by atoms with Gasteiger partial charge in [0.1, 0.15) is 9.84 Å². The zero-order chi connectivity index (χ0) is 12.8. The van der Waals surface area contributed by atoms with Gasteiger partial charge in [0.2, 0.25) is 0 Å². The topological polar surface area (TPSA) is 37.4 Å². The first-order valence-electron chi connectivity index (χ1n) is 6.26. The summed E-state index contributed by atoms with van der Waals surface area (Å²) in [4.78, 5) is 2.40. The van der Waals surface area contributed by atoms with E-state index in [4.69, 9.17) is 0 Å². The van der Waals surface area contributed by atoms with Gasteiger partial charge in [0.25, 0.3) is 0 Å². The summed E-state index contributed by atoms with van der Waals surface area (Å²) in [5.41, 5.74) is 0. The number of nitrogens with zero attached hydrogens (tertiary/aromatic N) is 1. The van der Waals surface area contributed by atoms with Crippen LogP contribution in [-0.2, 0) is 9.84 Å². The lowest BCUT2D eigenvalue weighted by atomic mass is 10.2. The molecule has 0 saturated heterocycles. The van der Waals surface area contributed by atoms with Gasteiger partial charge in [0.15, 0.2) is 0 Å². The molecule has 0 aromatic heterocycles. The van der Waals surface area contributed by atoms with Gasteiger partial charge in [-0.3, -0.25) is 4.90 Å². The predicted molar refractivity (Wildman–Crippen MR) is 70.5 cm³/mol. The first-order valence-corrected chi connectivity index (χ1v) is 8.08. The molecule has 0 saturated carbocycles. The Morgan fingerprint density at radius 3 is 1.88 bits per heavy atom. The van der Waals surface area contributed by atoms with Crippen LogP contribution in [0.3, 0.4) is 0 Å². The summed E-state index contributed by atoms with van der Waals surface area (Å²) >= 11 is 0. The maximum absolute atomic E-state index is 11.3. The third-order valence-electron chi connectivity index (χ3n) is 2.89. The first kappa shape index (κ1) is 15.9. The van der Waals surface area contributed by atoms with Crippen molar-refractivity contribution in [2.45, 2.75) is 59.5 Å². The average molecular weight is 249 g/mol. The molecule has 0 spiro atoms. The highest BCUT2D eigenvalue weighted by molar-refractivity contribution is 7.91. The molecule has 0 atom stereocenters. The molecule has 3 nitrogen and oxygen atoms in total. The van der Waals surface area contributed by atoms with Crippen molar-refractivity contribution in [2.75, 3.05) is 18.1 Å². The lowest BCUT2D eigenvalue weighted by Gasteiger charge is -2.30. The Bertz CT molecular complexity index is 263. The Balaban J connectivity index is 3.88. The van der Waals surface area contributed by atoms with Crippen molar-refractivity contribution >= 4 is 9.84 Å². The Hall–Kier alpha value is -0.0900. The Kier molecular flexibility index (Phi) is 7.24. The van der Waals surface area contributed by atoms with Crippen LogP contribution in [0.2, 0.25) is 0 Å². The van der Waals surface area contributed by atoms with Crippen molar-refractivity contribution in [1.29, 1.82) is 0 Å². The fraction of sp³-hybridized carbons (Fsp3) is 1.00. The molecule has 16 heavy (non-hydrogen) atoms. The van der Waals surface area contributed by atoms with Crippen LogP contribution >= 0.6 is 0 Å². The first-order chi connectivity index (χ1) is 7.30. The average Bonchev–Trinajstić information content (AvgIpc) is 2.16. The van der Waals surface area contributed by atoms with Gasteiger partial charge in [-0.05, 0) is 47.1 Å². The zero-order valence-corrected chi connectivity index (χ0v) is 12.2. The molecule has 0 heterocycles. The van der Waals surface area contributed by atoms with Crippen LogP contribution in [0.5, 0.6) is 0 Å². The van der Waals surface area contributed by atoms with E-state index in [2.05, 4.69) is 32.6 Å². The molecule has 0 aromatic carbocycles. The van der Waals surface area contributed by atoms with Gasteiger partial charge in [0.05, 0.1) is 5.75 Å². The molecule has 0 rings (SSSR count). The SMILES string of the molecule is CCS(=O)(=O)CCCCN(C(C)C)C(C)C. The number of hydrogen-bond donors (Lipinski definition) is 0. The van der Waals surface area contributed by atoms with E-state index in [0.29, 0.717) is 17.8 Å². The largest absolute Gasteiger partial charge is 0.299 e. The molecule has 0 aliphatic carbocycles. The molecule has 0 aliphatic rings. The second-order valence-electron chi connectivity index (χ2n) is 4.87. The van der Waals surface area contributed by atoms with Crippen molar-refractivity contribution < 1.29 is 8.42 Å². The normalized spacial score (nSPS) is 13.0. The van der Waals surface area contributed by atoms with Gasteiger partial charge in [-0.2, -0.15) is 0 Å². The summed E-state index contributed by atoms with van der Waals surface area (Å²) < 4.78 is 22.6. The number of hydrogen-bond acceptors (Lipinski definition) is 3. The van der Waals surface area contributed by atoms with E-state index in [1.165, 1.54) is 0 Å². The van der Waals surface area contributed by atoms with Crippen molar-refractivity contribution in [3.63, 3.8) is 0 Å². The Morgan fingerprint density at radius 2 is 1.50 bits per heavy atom. The van der Waals surface area contributed by atoms with Crippen molar-refractivity contribution in [1.82, 2.24) is 4.90 Å². The maximum atomic E-state index is 11.3. The molecular formula is C12H27NO2S. The van der Waals surface area contributed by atoms with Crippen LogP contribution in [0, 0.1) is 0 Å². The van der Waals surface area contributed by atoms with Crippen molar-refractivity contribution in [3.8, 4) is 0 Å². The smallest absolute Gasteiger partial charge is 0.150 e. The van der Waals surface area contributed by atoms with Crippen LogP contribution in [-0.4, -0.2) is 43.5 Å². The third-order valence-corrected chi connectivity index (χ3v) is 4.68. The quantitative estimate of drug-likeness (QED) is 0.620. The molecule has 0 aromatic rings. The number of rotatable bonds is 8.